The van der Waals surface area contributed by atoms with Crippen LogP contribution in [-0.4, -0.2) is 31.2 Å². The summed E-state index contributed by atoms with van der Waals surface area (Å²) in [4.78, 5) is 11.6. The van der Waals surface area contributed by atoms with Gasteiger partial charge in [0, 0.05) is 12.1 Å². The molecule has 92 valence electrons. The Hall–Kier alpha value is -1.23. The number of nitrogens with one attached hydrogen (secondary N) is 1. The number of ether oxygens (including phenoxy) is 2. The summed E-state index contributed by atoms with van der Waals surface area (Å²) in [5, 5.41) is 2.76. The van der Waals surface area contributed by atoms with E-state index in [0.29, 0.717) is 19.8 Å². The molecular formula is C11H20N2O3. The zero-order valence-corrected chi connectivity index (χ0v) is 9.91. The Labute approximate surface area is 96.0 Å². The maximum absolute atomic E-state index is 11.6. The largest absolute Gasteiger partial charge is 0.494 e. The highest BCUT2D eigenvalue weighted by Gasteiger charge is 2.23. The highest BCUT2D eigenvalue weighted by Crippen LogP contribution is 2.10. The smallest absolute Gasteiger partial charge is 0.289 e. The minimum Gasteiger partial charge on any atom is -0.494 e. The highest BCUT2D eigenvalue weighted by molar-refractivity contribution is 5.91. The molecule has 1 aliphatic heterocycles. The number of amides is 1. The molecule has 0 saturated heterocycles. The van der Waals surface area contributed by atoms with Gasteiger partial charge < -0.3 is 20.5 Å². The molecule has 0 aromatic rings. The van der Waals surface area contributed by atoms with Crippen LogP contribution < -0.4 is 11.1 Å². The lowest BCUT2D eigenvalue weighted by Crippen LogP contribution is -2.49. The van der Waals surface area contributed by atoms with Crippen LogP contribution in [0.2, 0.25) is 0 Å². The highest BCUT2D eigenvalue weighted by atomic mass is 16.6. The fraction of sp³-hybridized carbons (Fsp3) is 0.727. The minimum atomic E-state index is -0.342. The van der Waals surface area contributed by atoms with Crippen molar-refractivity contribution in [3.8, 4) is 0 Å². The SMILES string of the molecule is CCC(N)(CC)CNC(=O)C1=COCCO1. The van der Waals surface area contributed by atoms with Crippen LogP contribution in [0.25, 0.3) is 0 Å². The van der Waals surface area contributed by atoms with Gasteiger partial charge in [-0.15, -0.1) is 0 Å². The van der Waals surface area contributed by atoms with Crippen molar-refractivity contribution >= 4 is 5.91 Å². The second kappa shape index (κ2) is 5.75. The first-order valence-corrected chi connectivity index (χ1v) is 5.63. The maximum Gasteiger partial charge on any atom is 0.289 e. The lowest BCUT2D eigenvalue weighted by Gasteiger charge is -2.27. The summed E-state index contributed by atoms with van der Waals surface area (Å²) in [6.07, 6.45) is 2.98. The molecule has 1 amide bonds. The van der Waals surface area contributed by atoms with E-state index in [0.717, 1.165) is 12.8 Å². The monoisotopic (exact) mass is 228 g/mol. The fourth-order valence-corrected chi connectivity index (χ4v) is 1.33. The summed E-state index contributed by atoms with van der Waals surface area (Å²) >= 11 is 0. The molecule has 0 saturated carbocycles. The fourth-order valence-electron chi connectivity index (χ4n) is 1.33. The lowest BCUT2D eigenvalue weighted by molar-refractivity contribution is -0.122. The summed E-state index contributed by atoms with van der Waals surface area (Å²) in [7, 11) is 0. The van der Waals surface area contributed by atoms with Gasteiger partial charge in [-0.25, -0.2) is 0 Å². The molecule has 0 fully saturated rings. The van der Waals surface area contributed by atoms with Gasteiger partial charge in [0.05, 0.1) is 0 Å². The molecule has 0 unspecified atom stereocenters. The predicted molar refractivity (Wildman–Crippen MR) is 60.5 cm³/mol. The molecule has 0 aromatic carbocycles. The molecule has 3 N–H and O–H groups in total. The van der Waals surface area contributed by atoms with Crippen LogP contribution in [0.3, 0.4) is 0 Å². The van der Waals surface area contributed by atoms with Crippen molar-refractivity contribution in [2.45, 2.75) is 32.2 Å². The Morgan fingerprint density at radius 2 is 2.19 bits per heavy atom. The summed E-state index contributed by atoms with van der Waals surface area (Å²) in [6.45, 7) is 5.36. The molecule has 1 rings (SSSR count). The van der Waals surface area contributed by atoms with Gasteiger partial charge in [0.2, 0.25) is 5.76 Å². The quantitative estimate of drug-likeness (QED) is 0.719. The minimum absolute atomic E-state index is 0.223. The molecule has 1 aliphatic rings. The van der Waals surface area contributed by atoms with E-state index in [1.54, 1.807) is 0 Å². The average Bonchev–Trinajstić information content (AvgIpc) is 2.36. The van der Waals surface area contributed by atoms with Crippen LogP contribution in [0.5, 0.6) is 0 Å². The molecular weight excluding hydrogens is 208 g/mol. The molecule has 0 aliphatic carbocycles. The molecule has 0 radical (unpaired) electrons. The number of carbonyl (C=O) groups excluding carboxylic acids is 1. The summed E-state index contributed by atoms with van der Waals surface area (Å²) in [5.41, 5.74) is 5.73. The van der Waals surface area contributed by atoms with Gasteiger partial charge in [-0.05, 0) is 12.8 Å². The van der Waals surface area contributed by atoms with Crippen molar-refractivity contribution in [3.63, 3.8) is 0 Å². The Morgan fingerprint density at radius 1 is 1.50 bits per heavy atom. The first kappa shape index (κ1) is 12.8. The van der Waals surface area contributed by atoms with Gasteiger partial charge in [-0.2, -0.15) is 0 Å². The van der Waals surface area contributed by atoms with Gasteiger partial charge in [0.25, 0.3) is 5.91 Å². The summed E-state index contributed by atoms with van der Waals surface area (Å²) in [6, 6.07) is 0. The van der Waals surface area contributed by atoms with Crippen LogP contribution in [0.1, 0.15) is 26.7 Å². The number of carbonyl (C=O) groups is 1. The van der Waals surface area contributed by atoms with Gasteiger partial charge in [0.15, 0.2) is 0 Å². The Bertz CT molecular complexity index is 272. The van der Waals surface area contributed by atoms with E-state index >= 15 is 0 Å². The molecule has 0 bridgehead atoms. The number of hydrogen-bond acceptors (Lipinski definition) is 4. The zero-order valence-electron chi connectivity index (χ0n) is 9.91. The van der Waals surface area contributed by atoms with Gasteiger partial charge in [-0.1, -0.05) is 13.8 Å². The molecule has 1 heterocycles. The third kappa shape index (κ3) is 3.41. The third-order valence-electron chi connectivity index (χ3n) is 2.88. The van der Waals surface area contributed by atoms with Crippen molar-refractivity contribution in [2.75, 3.05) is 19.8 Å². The summed E-state index contributed by atoms with van der Waals surface area (Å²) < 4.78 is 10.2. The Morgan fingerprint density at radius 3 is 2.69 bits per heavy atom. The number of nitrogens with two attached hydrogens (primary N) is 1. The van der Waals surface area contributed by atoms with Gasteiger partial charge >= 0.3 is 0 Å². The third-order valence-corrected chi connectivity index (χ3v) is 2.88. The first-order chi connectivity index (χ1) is 7.61. The average molecular weight is 228 g/mol. The summed E-state index contributed by atoms with van der Waals surface area (Å²) in [5.74, 6) is -0.0442. The Kier molecular flexibility index (Phi) is 4.61. The second-order valence-corrected chi connectivity index (χ2v) is 3.95. The van der Waals surface area contributed by atoms with Crippen LogP contribution in [0.4, 0.5) is 0 Å². The Balaban J connectivity index is 2.42. The molecule has 5 heteroatoms. The normalized spacial score (nSPS) is 15.8. The maximum atomic E-state index is 11.6. The van der Waals surface area contributed by atoms with E-state index in [9.17, 15) is 4.79 Å². The van der Waals surface area contributed by atoms with Gasteiger partial charge in [-0.3, -0.25) is 4.79 Å². The van der Waals surface area contributed by atoms with E-state index < -0.39 is 0 Å². The van der Waals surface area contributed by atoms with Crippen molar-refractivity contribution < 1.29 is 14.3 Å². The van der Waals surface area contributed by atoms with Crippen LogP contribution in [0, 0.1) is 0 Å². The van der Waals surface area contributed by atoms with E-state index in [1.165, 1.54) is 6.26 Å². The number of rotatable bonds is 5. The molecule has 5 nitrogen and oxygen atoms in total. The van der Waals surface area contributed by atoms with Gasteiger partial charge in [0.1, 0.15) is 19.5 Å². The van der Waals surface area contributed by atoms with E-state index in [4.69, 9.17) is 15.2 Å². The van der Waals surface area contributed by atoms with E-state index in [2.05, 4.69) is 5.32 Å². The molecule has 0 spiro atoms. The van der Waals surface area contributed by atoms with Crippen molar-refractivity contribution in [1.29, 1.82) is 0 Å². The zero-order chi connectivity index (χ0) is 12.0. The second-order valence-electron chi connectivity index (χ2n) is 3.95. The van der Waals surface area contributed by atoms with Crippen LogP contribution in [0.15, 0.2) is 12.0 Å². The molecule has 16 heavy (non-hydrogen) atoms. The lowest BCUT2D eigenvalue weighted by atomic mass is 9.94. The topological polar surface area (TPSA) is 73.6 Å². The standard InChI is InChI=1S/C11H20N2O3/c1-3-11(12,4-2)8-13-10(14)9-7-15-5-6-16-9/h7H,3-6,8,12H2,1-2H3,(H,13,14). The van der Waals surface area contributed by atoms with E-state index in [1.807, 2.05) is 13.8 Å². The van der Waals surface area contributed by atoms with Crippen molar-refractivity contribution in [2.24, 2.45) is 5.73 Å². The molecule has 0 atom stereocenters. The van der Waals surface area contributed by atoms with E-state index in [-0.39, 0.29) is 17.2 Å². The van der Waals surface area contributed by atoms with Crippen LogP contribution in [-0.2, 0) is 14.3 Å². The predicted octanol–water partition coefficient (Wildman–Crippen LogP) is 0.508. The molecule has 0 aromatic heterocycles. The van der Waals surface area contributed by atoms with Crippen LogP contribution >= 0.6 is 0 Å². The number of hydrogen-bond donors (Lipinski definition) is 2. The van der Waals surface area contributed by atoms with Crippen molar-refractivity contribution in [1.82, 2.24) is 5.32 Å². The first-order valence-electron chi connectivity index (χ1n) is 5.63. The van der Waals surface area contributed by atoms with Crippen molar-refractivity contribution in [3.05, 3.63) is 12.0 Å².